The minimum atomic E-state index is -0.855. The summed E-state index contributed by atoms with van der Waals surface area (Å²) in [5.74, 6) is -1.13. The maximum Gasteiger partial charge on any atom is 0.306 e. The van der Waals surface area contributed by atoms with Gasteiger partial charge in [-0.2, -0.15) is 0 Å². The largest absolute Gasteiger partial charge is 0.462 e. The van der Waals surface area contributed by atoms with Gasteiger partial charge in [0.25, 0.3) is 0 Å². The van der Waals surface area contributed by atoms with Crippen LogP contribution in [0.1, 0.15) is 175 Å². The van der Waals surface area contributed by atoms with Crippen LogP contribution in [0.5, 0.6) is 0 Å². The van der Waals surface area contributed by atoms with Crippen molar-refractivity contribution >= 4 is 17.9 Å². The van der Waals surface area contributed by atoms with Crippen LogP contribution in [-0.4, -0.2) is 37.2 Å². The number of unbranched alkanes of at least 4 members (excludes halogenated alkanes) is 6. The predicted molar refractivity (Wildman–Crippen MR) is 269 cm³/mol. The molecule has 6 heteroatoms. The van der Waals surface area contributed by atoms with Crippen LogP contribution in [0, 0.1) is 0 Å². The average molecular weight is 867 g/mol. The van der Waals surface area contributed by atoms with Gasteiger partial charge in [0.15, 0.2) is 6.10 Å². The third-order valence-electron chi connectivity index (χ3n) is 9.31. The minimum Gasteiger partial charge on any atom is -0.462 e. The highest BCUT2D eigenvalue weighted by atomic mass is 16.6. The van der Waals surface area contributed by atoms with E-state index in [0.717, 1.165) is 89.9 Å². The minimum absolute atomic E-state index is 0.151. The van der Waals surface area contributed by atoms with Gasteiger partial charge in [-0.3, -0.25) is 14.4 Å². The first-order valence-electron chi connectivity index (χ1n) is 24.3. The molecule has 0 amide bonds. The highest BCUT2D eigenvalue weighted by molar-refractivity contribution is 5.71. The van der Waals surface area contributed by atoms with Gasteiger partial charge >= 0.3 is 17.9 Å². The van der Waals surface area contributed by atoms with Crippen LogP contribution in [-0.2, 0) is 28.6 Å². The Balaban J connectivity index is 4.65. The van der Waals surface area contributed by atoms with Crippen molar-refractivity contribution in [1.29, 1.82) is 0 Å². The van der Waals surface area contributed by atoms with Crippen LogP contribution in [0.4, 0.5) is 0 Å². The van der Waals surface area contributed by atoms with E-state index in [1.54, 1.807) is 0 Å². The molecule has 1 unspecified atom stereocenters. The first-order chi connectivity index (χ1) is 31.0. The number of ether oxygens (including phenoxy) is 3. The molecule has 0 aliphatic rings. The average Bonchev–Trinajstić information content (AvgIpc) is 3.28. The topological polar surface area (TPSA) is 78.9 Å². The van der Waals surface area contributed by atoms with Crippen molar-refractivity contribution in [3.8, 4) is 0 Å². The van der Waals surface area contributed by atoms with E-state index in [1.165, 1.54) is 25.7 Å². The number of carbonyl (C=O) groups is 3. The molecule has 0 fully saturated rings. The van der Waals surface area contributed by atoms with E-state index in [9.17, 15) is 14.4 Å². The van der Waals surface area contributed by atoms with E-state index >= 15 is 0 Å². The highest BCUT2D eigenvalue weighted by Crippen LogP contribution is 2.09. The monoisotopic (exact) mass is 867 g/mol. The van der Waals surface area contributed by atoms with Gasteiger partial charge < -0.3 is 14.2 Å². The number of esters is 3. The normalized spacial score (nSPS) is 13.4. The summed E-state index contributed by atoms with van der Waals surface area (Å²) in [6, 6.07) is 0. The van der Waals surface area contributed by atoms with E-state index in [0.29, 0.717) is 19.3 Å². The molecular weight excluding hydrogens is 781 g/mol. The maximum atomic E-state index is 12.7. The van der Waals surface area contributed by atoms with Crippen molar-refractivity contribution in [1.82, 2.24) is 0 Å². The number of allylic oxidation sites excluding steroid dienone is 24. The Morgan fingerprint density at radius 1 is 0.333 bits per heavy atom. The number of hydrogen-bond acceptors (Lipinski definition) is 6. The van der Waals surface area contributed by atoms with Crippen molar-refractivity contribution in [2.75, 3.05) is 13.2 Å². The molecule has 0 aromatic carbocycles. The lowest BCUT2D eigenvalue weighted by Gasteiger charge is -2.18. The summed E-state index contributed by atoms with van der Waals surface area (Å²) in [6.07, 6.45) is 71.4. The van der Waals surface area contributed by atoms with Crippen molar-refractivity contribution < 1.29 is 28.6 Å². The molecule has 0 bridgehead atoms. The zero-order valence-electron chi connectivity index (χ0n) is 39.8. The van der Waals surface area contributed by atoms with Gasteiger partial charge in [-0.25, -0.2) is 0 Å². The van der Waals surface area contributed by atoms with Gasteiger partial charge in [0.2, 0.25) is 0 Å². The Morgan fingerprint density at radius 2 is 0.603 bits per heavy atom. The lowest BCUT2D eigenvalue weighted by atomic mass is 10.2. The molecule has 0 aromatic heterocycles. The van der Waals surface area contributed by atoms with Crippen molar-refractivity contribution in [2.24, 2.45) is 0 Å². The van der Waals surface area contributed by atoms with Gasteiger partial charge in [0.05, 0.1) is 0 Å². The Bertz CT molecular complexity index is 1460. The summed E-state index contributed by atoms with van der Waals surface area (Å²) >= 11 is 0. The summed E-state index contributed by atoms with van der Waals surface area (Å²) < 4.78 is 16.6. The van der Waals surface area contributed by atoms with E-state index in [1.807, 2.05) is 0 Å². The molecule has 63 heavy (non-hydrogen) atoms. The lowest BCUT2D eigenvalue weighted by Crippen LogP contribution is -2.30. The van der Waals surface area contributed by atoms with Crippen LogP contribution >= 0.6 is 0 Å². The molecule has 0 aliphatic heterocycles. The molecular formula is C57H86O6. The fourth-order valence-corrected chi connectivity index (χ4v) is 5.73. The van der Waals surface area contributed by atoms with Crippen LogP contribution in [0.3, 0.4) is 0 Å². The van der Waals surface area contributed by atoms with Crippen LogP contribution in [0.25, 0.3) is 0 Å². The van der Waals surface area contributed by atoms with E-state index < -0.39 is 12.1 Å². The fourth-order valence-electron chi connectivity index (χ4n) is 5.73. The zero-order chi connectivity index (χ0) is 45.8. The number of hydrogen-bond donors (Lipinski definition) is 0. The third-order valence-corrected chi connectivity index (χ3v) is 9.31. The van der Waals surface area contributed by atoms with Gasteiger partial charge in [-0.15, -0.1) is 0 Å². The first-order valence-corrected chi connectivity index (χ1v) is 24.3. The van der Waals surface area contributed by atoms with E-state index in [-0.39, 0.29) is 44.4 Å². The van der Waals surface area contributed by atoms with Crippen molar-refractivity contribution in [3.05, 3.63) is 146 Å². The molecule has 0 rings (SSSR count). The molecule has 0 aliphatic carbocycles. The number of carbonyl (C=O) groups excluding carboxylic acids is 3. The third kappa shape index (κ3) is 48.2. The smallest absolute Gasteiger partial charge is 0.306 e. The molecule has 0 saturated heterocycles. The SMILES string of the molecule is CC/C=C\C/C=C\C/C=C\C/C=C\C/C=C\CCCC(=O)OCC(COC(=O)CCC/C=C\C/C=C\C/C=C\CC)OC(=O)CCC/C=C\C/C=C\C/C=C\C/C=C\CCCCC. The molecule has 0 heterocycles. The Morgan fingerprint density at radius 3 is 0.905 bits per heavy atom. The standard InChI is InChI=1S/C57H86O6/c1-4-7-10-13-16-19-22-24-26-28-30-32-35-38-41-44-47-50-56(59)62-53-54(52-61-55(58)49-46-43-40-37-34-21-18-15-12-9-6-3)63-57(60)51-48-45-42-39-36-33-31-29-27-25-23-20-17-14-11-8-5-2/h7,9-10,12,16-21,24-27,30-33,37-42,54H,4-6,8,11,13-15,22-23,28-29,34-36,43-53H2,1-3H3/b10-7-,12-9-,19-16-,20-17-,21-18-,26-24-,27-25-,32-30-,33-31-,40-37-,41-38-,42-39-. The highest BCUT2D eigenvalue weighted by Gasteiger charge is 2.19. The van der Waals surface area contributed by atoms with E-state index in [4.69, 9.17) is 14.2 Å². The van der Waals surface area contributed by atoms with Crippen LogP contribution < -0.4 is 0 Å². The maximum absolute atomic E-state index is 12.7. The van der Waals surface area contributed by atoms with Crippen LogP contribution in [0.2, 0.25) is 0 Å². The van der Waals surface area contributed by atoms with Gasteiger partial charge in [-0.1, -0.05) is 179 Å². The molecule has 0 N–H and O–H groups in total. The van der Waals surface area contributed by atoms with Crippen molar-refractivity contribution in [3.63, 3.8) is 0 Å². The van der Waals surface area contributed by atoms with Crippen LogP contribution in [0.15, 0.2) is 146 Å². The summed E-state index contributed by atoms with van der Waals surface area (Å²) in [7, 11) is 0. The molecule has 0 aromatic rings. The molecule has 6 nitrogen and oxygen atoms in total. The van der Waals surface area contributed by atoms with Gasteiger partial charge in [0, 0.05) is 19.3 Å². The second kappa shape index (κ2) is 49.9. The quantitative estimate of drug-likeness (QED) is 0.0264. The van der Waals surface area contributed by atoms with Gasteiger partial charge in [-0.05, 0) is 122 Å². The van der Waals surface area contributed by atoms with Crippen molar-refractivity contribution in [2.45, 2.75) is 181 Å². The first kappa shape index (κ1) is 58.3. The predicted octanol–water partition coefficient (Wildman–Crippen LogP) is 16.1. The fraction of sp³-hybridized carbons (Fsp3) is 0.526. The zero-order valence-corrected chi connectivity index (χ0v) is 39.8. The molecule has 1 atom stereocenters. The Hall–Kier alpha value is -4.71. The van der Waals surface area contributed by atoms with E-state index in [2.05, 4.69) is 167 Å². The second-order valence-corrected chi connectivity index (χ2v) is 15.2. The molecule has 350 valence electrons. The summed E-state index contributed by atoms with van der Waals surface area (Å²) in [5.41, 5.74) is 0. The molecule has 0 spiro atoms. The van der Waals surface area contributed by atoms with Gasteiger partial charge in [0.1, 0.15) is 13.2 Å². The summed E-state index contributed by atoms with van der Waals surface area (Å²) in [5, 5.41) is 0. The Kier molecular flexibility index (Phi) is 46.2. The second-order valence-electron chi connectivity index (χ2n) is 15.2. The summed E-state index contributed by atoms with van der Waals surface area (Å²) in [6.45, 7) is 6.19. The molecule has 0 saturated carbocycles. The summed E-state index contributed by atoms with van der Waals surface area (Å²) in [4.78, 5) is 37.8. The Labute approximate surface area is 385 Å². The molecule has 0 radical (unpaired) electrons. The lowest BCUT2D eigenvalue weighted by molar-refractivity contribution is -0.166. The number of rotatable bonds is 41.